The van der Waals surface area contributed by atoms with E-state index in [9.17, 15) is 0 Å². The van der Waals surface area contributed by atoms with E-state index in [1.54, 1.807) is 0 Å². The zero-order valence-electron chi connectivity index (χ0n) is 16.1. The van der Waals surface area contributed by atoms with Crippen molar-refractivity contribution in [1.29, 1.82) is 0 Å². The second-order valence-electron chi connectivity index (χ2n) is 7.30. The maximum Gasteiger partial charge on any atom is 0.164 e. The van der Waals surface area contributed by atoms with Gasteiger partial charge in [-0.25, -0.2) is 14.6 Å². The lowest BCUT2D eigenvalue weighted by molar-refractivity contribution is 0.224. The summed E-state index contributed by atoms with van der Waals surface area (Å²) in [5, 5.41) is 9.01. The van der Waals surface area contributed by atoms with E-state index in [2.05, 4.69) is 15.3 Å². The number of nitrogens with zero attached hydrogens (tertiary/aromatic N) is 4. The van der Waals surface area contributed by atoms with Crippen molar-refractivity contribution in [2.45, 2.75) is 24.9 Å². The number of benzene rings is 2. The molecule has 1 aliphatic carbocycles. The lowest BCUT2D eigenvalue weighted by Gasteiger charge is -2.35. The van der Waals surface area contributed by atoms with Crippen molar-refractivity contribution in [2.75, 3.05) is 12.8 Å². The van der Waals surface area contributed by atoms with Crippen molar-refractivity contribution in [1.82, 2.24) is 25.1 Å². The molecule has 0 spiro atoms. The third-order valence-electron chi connectivity index (χ3n) is 5.49. The lowest BCUT2D eigenvalue weighted by Crippen LogP contribution is -2.40. The Kier molecular flexibility index (Phi) is 4.37. The van der Waals surface area contributed by atoms with Gasteiger partial charge in [-0.3, -0.25) is 0 Å². The number of anilines is 1. The Balaban J connectivity index is 1.50. The number of nitrogens with one attached hydrogen (secondary N) is 1. The highest BCUT2D eigenvalue weighted by molar-refractivity contribution is 5.98. The van der Waals surface area contributed by atoms with Gasteiger partial charge < -0.3 is 15.8 Å². The topological polar surface area (TPSA) is 90.9 Å². The van der Waals surface area contributed by atoms with E-state index in [-0.39, 0.29) is 0 Å². The van der Waals surface area contributed by atoms with E-state index in [1.807, 2.05) is 66.3 Å². The summed E-state index contributed by atoms with van der Waals surface area (Å²) < 4.78 is 7.90. The smallest absolute Gasteiger partial charge is 0.164 e. The van der Waals surface area contributed by atoms with Crippen LogP contribution in [0.2, 0.25) is 0 Å². The van der Waals surface area contributed by atoms with Gasteiger partial charge in [0, 0.05) is 11.6 Å². The van der Waals surface area contributed by atoms with Crippen LogP contribution in [-0.2, 0) is 0 Å². The van der Waals surface area contributed by atoms with Crippen LogP contribution >= 0.6 is 0 Å². The largest absolute Gasteiger partial charge is 0.457 e. The molecule has 7 nitrogen and oxygen atoms in total. The molecular formula is C22H22N6O. The van der Waals surface area contributed by atoms with Crippen LogP contribution in [-0.4, -0.2) is 32.8 Å². The first kappa shape index (κ1) is 17.6. The molecule has 4 aromatic rings. The molecule has 3 N–H and O–H groups in total. The minimum atomic E-state index is 0.318. The molecule has 2 aromatic heterocycles. The second kappa shape index (κ2) is 7.18. The molecule has 29 heavy (non-hydrogen) atoms. The minimum Gasteiger partial charge on any atom is -0.457 e. The van der Waals surface area contributed by atoms with Crippen LogP contribution < -0.4 is 15.8 Å². The molecule has 0 bridgehead atoms. The first-order valence-electron chi connectivity index (χ1n) is 9.72. The second-order valence-corrected chi connectivity index (χ2v) is 7.30. The minimum absolute atomic E-state index is 0.318. The maximum absolute atomic E-state index is 6.21. The van der Waals surface area contributed by atoms with Crippen molar-refractivity contribution in [3.8, 4) is 22.8 Å². The van der Waals surface area contributed by atoms with Crippen LogP contribution in [0.4, 0.5) is 5.82 Å². The third kappa shape index (κ3) is 3.19. The first-order chi connectivity index (χ1) is 14.2. The molecule has 146 valence electrons. The number of nitrogens with two attached hydrogens (primary N) is 1. The van der Waals surface area contributed by atoms with Gasteiger partial charge in [0.1, 0.15) is 29.3 Å². The highest BCUT2D eigenvalue weighted by atomic mass is 16.5. The molecule has 2 aromatic carbocycles. The summed E-state index contributed by atoms with van der Waals surface area (Å²) in [6.07, 6.45) is 3.56. The summed E-state index contributed by atoms with van der Waals surface area (Å²) in [5.41, 5.74) is 8.76. The quantitative estimate of drug-likeness (QED) is 0.542. The predicted molar refractivity (Wildman–Crippen MR) is 113 cm³/mol. The molecule has 7 heteroatoms. The average molecular weight is 386 g/mol. The van der Waals surface area contributed by atoms with E-state index < -0.39 is 0 Å². The molecule has 1 aliphatic rings. The Bertz CT molecular complexity index is 1130. The van der Waals surface area contributed by atoms with Crippen molar-refractivity contribution >= 4 is 16.9 Å². The molecular weight excluding hydrogens is 364 g/mol. The maximum atomic E-state index is 6.21. The van der Waals surface area contributed by atoms with Gasteiger partial charge in [-0.15, -0.1) is 0 Å². The fourth-order valence-electron chi connectivity index (χ4n) is 3.78. The van der Waals surface area contributed by atoms with Gasteiger partial charge in [0.05, 0.1) is 11.4 Å². The van der Waals surface area contributed by atoms with Crippen molar-refractivity contribution in [3.05, 3.63) is 60.9 Å². The van der Waals surface area contributed by atoms with E-state index in [0.717, 1.165) is 46.6 Å². The molecule has 0 saturated heterocycles. The molecule has 0 aliphatic heterocycles. The number of hydrogen-bond donors (Lipinski definition) is 2. The Hall–Kier alpha value is -3.45. The summed E-state index contributed by atoms with van der Waals surface area (Å²) >= 11 is 0. The van der Waals surface area contributed by atoms with Gasteiger partial charge in [-0.1, -0.05) is 18.2 Å². The summed E-state index contributed by atoms with van der Waals surface area (Å²) in [4.78, 5) is 8.67. The monoisotopic (exact) mass is 386 g/mol. The van der Waals surface area contributed by atoms with E-state index in [1.165, 1.54) is 6.33 Å². The van der Waals surface area contributed by atoms with E-state index in [0.29, 0.717) is 17.9 Å². The Morgan fingerprint density at radius 3 is 2.45 bits per heavy atom. The summed E-state index contributed by atoms with van der Waals surface area (Å²) in [6.45, 7) is 0. The molecule has 1 fully saturated rings. The van der Waals surface area contributed by atoms with Crippen LogP contribution in [0.5, 0.6) is 11.5 Å². The molecule has 2 heterocycles. The number of rotatable bonds is 5. The summed E-state index contributed by atoms with van der Waals surface area (Å²) in [5.74, 6) is 2.02. The van der Waals surface area contributed by atoms with Gasteiger partial charge in [0.2, 0.25) is 0 Å². The number of aromatic nitrogens is 4. The molecule has 0 amide bonds. The number of para-hydroxylation sites is 1. The lowest BCUT2D eigenvalue weighted by atomic mass is 9.87. The standard InChI is InChI=1S/C22H22N6O/c1-24-15-11-16(12-15)28-22-19(21(23)25-13-26-22)20(27-28)14-7-9-18(10-8-14)29-17-5-3-2-4-6-17/h2-10,13,15-16,24H,11-12H2,1H3,(H2,23,25,26)/t15-,16+. The van der Waals surface area contributed by atoms with Gasteiger partial charge in [0.25, 0.3) is 0 Å². The van der Waals surface area contributed by atoms with Crippen molar-refractivity contribution < 1.29 is 4.74 Å². The SMILES string of the molecule is CN[C@H]1C[C@@H](n2nc(-c3ccc(Oc4ccccc4)cc3)c3c(N)ncnc32)C1. The molecule has 0 atom stereocenters. The van der Waals surface area contributed by atoms with Crippen LogP contribution in [0.3, 0.4) is 0 Å². The normalized spacial score (nSPS) is 18.5. The van der Waals surface area contributed by atoms with Crippen LogP contribution in [0.15, 0.2) is 60.9 Å². The van der Waals surface area contributed by atoms with Gasteiger partial charge in [-0.2, -0.15) is 5.10 Å². The molecule has 0 unspecified atom stereocenters. The van der Waals surface area contributed by atoms with Gasteiger partial charge >= 0.3 is 0 Å². The fraction of sp³-hybridized carbons (Fsp3) is 0.227. The zero-order chi connectivity index (χ0) is 19.8. The van der Waals surface area contributed by atoms with Crippen LogP contribution in [0.25, 0.3) is 22.3 Å². The number of nitrogen functional groups attached to an aromatic ring is 1. The van der Waals surface area contributed by atoms with Crippen LogP contribution in [0.1, 0.15) is 18.9 Å². The zero-order valence-corrected chi connectivity index (χ0v) is 16.1. The van der Waals surface area contributed by atoms with Crippen molar-refractivity contribution in [3.63, 3.8) is 0 Å². The molecule has 5 rings (SSSR count). The van der Waals surface area contributed by atoms with Gasteiger partial charge in [0.15, 0.2) is 5.65 Å². The first-order valence-corrected chi connectivity index (χ1v) is 9.72. The van der Waals surface area contributed by atoms with Crippen molar-refractivity contribution in [2.24, 2.45) is 0 Å². The summed E-state index contributed by atoms with van der Waals surface area (Å²) in [6, 6.07) is 18.4. The highest BCUT2D eigenvalue weighted by Gasteiger charge is 2.32. The highest BCUT2D eigenvalue weighted by Crippen LogP contribution is 2.38. The van der Waals surface area contributed by atoms with E-state index in [4.69, 9.17) is 15.6 Å². The molecule has 0 radical (unpaired) electrons. The molecule has 1 saturated carbocycles. The average Bonchev–Trinajstić information content (AvgIpc) is 3.09. The Labute approximate surface area is 168 Å². The predicted octanol–water partition coefficient (Wildman–Crippen LogP) is 3.79. The van der Waals surface area contributed by atoms with Gasteiger partial charge in [-0.05, 0) is 56.3 Å². The number of fused-ring (bicyclic) bond motifs is 1. The van der Waals surface area contributed by atoms with E-state index >= 15 is 0 Å². The third-order valence-corrected chi connectivity index (χ3v) is 5.49. The van der Waals surface area contributed by atoms with Crippen LogP contribution in [0, 0.1) is 0 Å². The number of hydrogen-bond acceptors (Lipinski definition) is 6. The fourth-order valence-corrected chi connectivity index (χ4v) is 3.78. The Morgan fingerprint density at radius 2 is 1.72 bits per heavy atom. The Morgan fingerprint density at radius 1 is 1.00 bits per heavy atom. The summed E-state index contributed by atoms with van der Waals surface area (Å²) in [7, 11) is 1.99. The number of ether oxygens (including phenoxy) is 1.